The van der Waals surface area contributed by atoms with Gasteiger partial charge in [-0.1, -0.05) is 71.1 Å². The van der Waals surface area contributed by atoms with Crippen LogP contribution in [0.25, 0.3) is 11.1 Å². The zero-order chi connectivity index (χ0) is 19.6. The molecular formula is C24H17IN2O. The van der Waals surface area contributed by atoms with Crippen molar-refractivity contribution in [1.29, 1.82) is 10.5 Å². The smallest absolute Gasteiger partial charge is 0.126 e. The Labute approximate surface area is 178 Å². The number of rotatable bonds is 3. The highest BCUT2D eigenvalue weighted by atomic mass is 127. The van der Waals surface area contributed by atoms with Crippen LogP contribution >= 0.6 is 22.6 Å². The molecule has 3 aromatic carbocycles. The largest absolute Gasteiger partial charge is 0.485 e. The number of nitrogens with zero attached hydrogens (tertiary/aromatic N) is 2. The third-order valence-corrected chi connectivity index (χ3v) is 6.54. The first-order valence-electron chi connectivity index (χ1n) is 9.03. The van der Waals surface area contributed by atoms with Gasteiger partial charge in [0, 0.05) is 16.4 Å². The number of hydrogen-bond donors (Lipinski definition) is 0. The SMILES string of the molecule is N#Cc1cccc(-c2ccc3c(c2)C(C#N)(CI)CC(c2ccccc2)O3)c1. The van der Waals surface area contributed by atoms with Crippen LogP contribution < -0.4 is 4.74 Å². The highest BCUT2D eigenvalue weighted by Crippen LogP contribution is 2.48. The number of ether oxygens (including phenoxy) is 1. The molecule has 0 spiro atoms. The van der Waals surface area contributed by atoms with Crippen molar-refractivity contribution >= 4 is 22.6 Å². The molecule has 4 heteroatoms. The van der Waals surface area contributed by atoms with E-state index in [9.17, 15) is 10.5 Å². The number of alkyl halides is 1. The molecule has 4 rings (SSSR count). The normalized spacial score (nSPS) is 20.3. The van der Waals surface area contributed by atoms with E-state index in [1.165, 1.54) is 0 Å². The molecule has 0 aromatic heterocycles. The van der Waals surface area contributed by atoms with Crippen LogP contribution in [-0.2, 0) is 5.41 Å². The highest BCUT2D eigenvalue weighted by Gasteiger charge is 2.42. The van der Waals surface area contributed by atoms with E-state index < -0.39 is 5.41 Å². The Morgan fingerprint density at radius 2 is 1.75 bits per heavy atom. The molecule has 2 unspecified atom stereocenters. The van der Waals surface area contributed by atoms with Crippen molar-refractivity contribution in [3.8, 4) is 29.0 Å². The van der Waals surface area contributed by atoms with Gasteiger partial charge in [0.25, 0.3) is 0 Å². The van der Waals surface area contributed by atoms with E-state index in [2.05, 4.69) is 40.8 Å². The van der Waals surface area contributed by atoms with E-state index in [0.717, 1.165) is 28.0 Å². The quantitative estimate of drug-likeness (QED) is 0.347. The summed E-state index contributed by atoms with van der Waals surface area (Å²) < 4.78 is 6.99. The predicted octanol–water partition coefficient (Wildman–Crippen LogP) is 5.95. The average molecular weight is 476 g/mol. The second-order valence-electron chi connectivity index (χ2n) is 6.95. The van der Waals surface area contributed by atoms with Crippen LogP contribution in [-0.4, -0.2) is 4.43 Å². The minimum Gasteiger partial charge on any atom is -0.485 e. The molecule has 136 valence electrons. The number of fused-ring (bicyclic) bond motifs is 1. The first kappa shape index (κ1) is 18.5. The molecule has 3 aromatic rings. The fourth-order valence-electron chi connectivity index (χ4n) is 3.69. The van der Waals surface area contributed by atoms with Gasteiger partial charge in [0.1, 0.15) is 11.9 Å². The fourth-order valence-corrected chi connectivity index (χ4v) is 4.58. The van der Waals surface area contributed by atoms with Crippen molar-refractivity contribution in [3.05, 3.63) is 89.5 Å². The summed E-state index contributed by atoms with van der Waals surface area (Å²) in [6.07, 6.45) is 0.474. The summed E-state index contributed by atoms with van der Waals surface area (Å²) in [6.45, 7) is 0. The molecule has 1 aliphatic rings. The van der Waals surface area contributed by atoms with Crippen LogP contribution in [0.5, 0.6) is 5.75 Å². The van der Waals surface area contributed by atoms with Crippen molar-refractivity contribution in [1.82, 2.24) is 0 Å². The first-order chi connectivity index (χ1) is 13.7. The molecule has 0 radical (unpaired) electrons. The number of hydrogen-bond acceptors (Lipinski definition) is 3. The molecule has 0 saturated heterocycles. The molecule has 0 bridgehead atoms. The average Bonchev–Trinajstić information content (AvgIpc) is 2.78. The Morgan fingerprint density at radius 3 is 2.46 bits per heavy atom. The minimum atomic E-state index is -0.614. The van der Waals surface area contributed by atoms with Crippen molar-refractivity contribution in [2.75, 3.05) is 4.43 Å². The fraction of sp³-hybridized carbons (Fsp3) is 0.167. The summed E-state index contributed by atoms with van der Waals surface area (Å²) in [7, 11) is 0. The van der Waals surface area contributed by atoms with Crippen molar-refractivity contribution < 1.29 is 4.74 Å². The van der Waals surface area contributed by atoms with E-state index in [1.54, 1.807) is 6.07 Å². The molecule has 0 fully saturated rings. The molecule has 1 heterocycles. The number of nitriles is 2. The lowest BCUT2D eigenvalue weighted by atomic mass is 9.75. The second kappa shape index (κ2) is 7.66. The Balaban J connectivity index is 1.81. The van der Waals surface area contributed by atoms with E-state index in [-0.39, 0.29) is 6.10 Å². The van der Waals surface area contributed by atoms with Gasteiger partial charge in [-0.05, 0) is 41.0 Å². The van der Waals surface area contributed by atoms with Gasteiger partial charge < -0.3 is 4.74 Å². The van der Waals surface area contributed by atoms with Gasteiger partial charge >= 0.3 is 0 Å². The zero-order valence-electron chi connectivity index (χ0n) is 15.1. The third kappa shape index (κ3) is 3.25. The summed E-state index contributed by atoms with van der Waals surface area (Å²) in [5.41, 5.74) is 3.97. The van der Waals surface area contributed by atoms with Crippen LogP contribution in [0.4, 0.5) is 0 Å². The lowest BCUT2D eigenvalue weighted by molar-refractivity contribution is 0.149. The van der Waals surface area contributed by atoms with Crippen molar-refractivity contribution in [3.63, 3.8) is 0 Å². The van der Waals surface area contributed by atoms with Crippen LogP contribution in [0.15, 0.2) is 72.8 Å². The van der Waals surface area contributed by atoms with Crippen LogP contribution in [0, 0.1) is 22.7 Å². The first-order valence-corrected chi connectivity index (χ1v) is 10.6. The van der Waals surface area contributed by atoms with Gasteiger partial charge in [0.05, 0.1) is 23.1 Å². The summed E-state index contributed by atoms with van der Waals surface area (Å²) in [5.74, 6) is 0.763. The van der Waals surface area contributed by atoms with Gasteiger partial charge in [0.15, 0.2) is 0 Å². The molecule has 0 saturated carbocycles. The van der Waals surface area contributed by atoms with Crippen molar-refractivity contribution in [2.45, 2.75) is 17.9 Å². The standard InChI is InChI=1S/C24H17IN2O/c25-15-24(16-27)13-23(18-6-2-1-3-7-18)28-22-10-9-20(12-21(22)24)19-8-4-5-17(11-19)14-26/h1-12,23H,13,15H2. The van der Waals surface area contributed by atoms with Crippen molar-refractivity contribution in [2.24, 2.45) is 0 Å². The van der Waals surface area contributed by atoms with E-state index >= 15 is 0 Å². The highest BCUT2D eigenvalue weighted by molar-refractivity contribution is 14.1. The Hall–Kier alpha value is -2.83. The van der Waals surface area contributed by atoms with Gasteiger partial charge in [-0.15, -0.1) is 0 Å². The maximum atomic E-state index is 10.1. The zero-order valence-corrected chi connectivity index (χ0v) is 17.3. The van der Waals surface area contributed by atoms with Gasteiger partial charge in [0.2, 0.25) is 0 Å². The molecule has 1 aliphatic heterocycles. The lowest BCUT2D eigenvalue weighted by Crippen LogP contribution is -2.35. The molecule has 28 heavy (non-hydrogen) atoms. The molecule has 3 nitrogen and oxygen atoms in total. The summed E-state index contributed by atoms with van der Waals surface area (Å²) >= 11 is 2.30. The maximum Gasteiger partial charge on any atom is 0.126 e. The van der Waals surface area contributed by atoms with Gasteiger partial charge in [-0.2, -0.15) is 10.5 Å². The summed E-state index contributed by atoms with van der Waals surface area (Å²) in [4.78, 5) is 0. The van der Waals surface area contributed by atoms with Crippen LogP contribution in [0.2, 0.25) is 0 Å². The summed E-state index contributed by atoms with van der Waals surface area (Å²) in [5, 5.41) is 19.3. The lowest BCUT2D eigenvalue weighted by Gasteiger charge is -2.37. The van der Waals surface area contributed by atoms with E-state index in [1.807, 2.05) is 60.7 Å². The van der Waals surface area contributed by atoms with Crippen LogP contribution in [0.1, 0.15) is 29.2 Å². The Kier molecular flexibility index (Phi) is 5.07. The molecule has 2 atom stereocenters. The Morgan fingerprint density at radius 1 is 0.964 bits per heavy atom. The Bertz CT molecular complexity index is 1100. The molecular weight excluding hydrogens is 459 g/mol. The molecule has 0 amide bonds. The minimum absolute atomic E-state index is 0.143. The van der Waals surface area contributed by atoms with Gasteiger partial charge in [-0.25, -0.2) is 0 Å². The topological polar surface area (TPSA) is 56.8 Å². The van der Waals surface area contributed by atoms with E-state index in [4.69, 9.17) is 4.74 Å². The molecule has 0 N–H and O–H groups in total. The van der Waals surface area contributed by atoms with Crippen LogP contribution in [0.3, 0.4) is 0 Å². The number of halogens is 1. The van der Waals surface area contributed by atoms with Gasteiger partial charge in [-0.3, -0.25) is 0 Å². The number of benzene rings is 3. The van der Waals surface area contributed by atoms with E-state index in [0.29, 0.717) is 16.4 Å². The second-order valence-corrected chi connectivity index (χ2v) is 7.72. The third-order valence-electron chi connectivity index (χ3n) is 5.24. The molecule has 0 aliphatic carbocycles. The maximum absolute atomic E-state index is 10.1. The predicted molar refractivity (Wildman–Crippen MR) is 117 cm³/mol. The summed E-state index contributed by atoms with van der Waals surface area (Å²) in [6, 6.07) is 28.4. The monoisotopic (exact) mass is 476 g/mol.